The van der Waals surface area contributed by atoms with E-state index in [1.807, 2.05) is 0 Å². The Bertz CT molecular complexity index is 584. The van der Waals surface area contributed by atoms with Crippen LogP contribution < -0.4 is 0 Å². The molecule has 1 saturated heterocycles. The fourth-order valence-corrected chi connectivity index (χ4v) is 4.57. The van der Waals surface area contributed by atoms with E-state index < -0.39 is 0 Å². The van der Waals surface area contributed by atoms with Crippen LogP contribution in [0.3, 0.4) is 0 Å². The second-order valence-electron chi connectivity index (χ2n) is 8.35. The van der Waals surface area contributed by atoms with E-state index in [0.717, 1.165) is 24.7 Å². The Morgan fingerprint density at radius 2 is 2.09 bits per heavy atom. The van der Waals surface area contributed by atoms with Crippen molar-refractivity contribution in [2.45, 2.75) is 70.6 Å². The Hall–Kier alpha value is -1.39. The van der Waals surface area contributed by atoms with Gasteiger partial charge in [0.05, 0.1) is 0 Å². The van der Waals surface area contributed by atoms with E-state index in [1.165, 1.54) is 38.5 Å². The molecule has 1 aliphatic heterocycles. The molecule has 3 aliphatic rings. The molecule has 3 fully saturated rings. The van der Waals surface area contributed by atoms with Gasteiger partial charge in [0.15, 0.2) is 5.82 Å². The number of carbonyl (C=O) groups excluding carboxylic acids is 1. The molecule has 2 saturated carbocycles. The maximum atomic E-state index is 12.6. The third-order valence-electron chi connectivity index (χ3n) is 5.98. The van der Waals surface area contributed by atoms with Gasteiger partial charge in [-0.05, 0) is 37.0 Å². The van der Waals surface area contributed by atoms with Gasteiger partial charge in [-0.1, -0.05) is 26.7 Å². The van der Waals surface area contributed by atoms with E-state index in [4.69, 9.17) is 4.98 Å². The van der Waals surface area contributed by atoms with Crippen LogP contribution >= 0.6 is 0 Å². The topological polar surface area (TPSA) is 61.9 Å². The van der Waals surface area contributed by atoms with Crippen molar-refractivity contribution >= 4 is 5.91 Å². The molecule has 1 atom stereocenters. The Morgan fingerprint density at radius 3 is 2.74 bits per heavy atom. The van der Waals surface area contributed by atoms with E-state index in [2.05, 4.69) is 28.9 Å². The molecule has 0 radical (unpaired) electrons. The molecule has 4 rings (SSSR count). The maximum absolute atomic E-state index is 12.6. The van der Waals surface area contributed by atoms with Gasteiger partial charge in [0.1, 0.15) is 5.82 Å². The molecule has 0 aromatic carbocycles. The molecular weight excluding hydrogens is 288 g/mol. The molecule has 5 heteroatoms. The third kappa shape index (κ3) is 2.79. The number of nitrogens with one attached hydrogen (secondary N) is 1. The van der Waals surface area contributed by atoms with Crippen molar-refractivity contribution in [2.24, 2.45) is 11.3 Å². The molecule has 23 heavy (non-hydrogen) atoms. The highest BCUT2D eigenvalue weighted by atomic mass is 16.2. The fourth-order valence-electron chi connectivity index (χ4n) is 4.57. The zero-order valence-electron chi connectivity index (χ0n) is 14.3. The number of aromatic nitrogens is 3. The molecule has 5 nitrogen and oxygen atoms in total. The number of aromatic amines is 1. The summed E-state index contributed by atoms with van der Waals surface area (Å²) in [6, 6.07) is 0. The van der Waals surface area contributed by atoms with Crippen molar-refractivity contribution in [3.8, 4) is 0 Å². The van der Waals surface area contributed by atoms with Gasteiger partial charge in [-0.2, -0.15) is 5.10 Å². The van der Waals surface area contributed by atoms with Gasteiger partial charge in [0.25, 0.3) is 0 Å². The first kappa shape index (κ1) is 15.2. The summed E-state index contributed by atoms with van der Waals surface area (Å²) < 4.78 is 0. The molecule has 126 valence electrons. The van der Waals surface area contributed by atoms with Crippen LogP contribution in [0.4, 0.5) is 0 Å². The van der Waals surface area contributed by atoms with Crippen molar-refractivity contribution in [2.75, 3.05) is 13.1 Å². The average Bonchev–Trinajstić information content (AvgIpc) is 2.96. The molecular formula is C18H28N4O. The van der Waals surface area contributed by atoms with Crippen LogP contribution in [0.25, 0.3) is 0 Å². The second-order valence-corrected chi connectivity index (χ2v) is 8.35. The Kier molecular flexibility index (Phi) is 3.69. The van der Waals surface area contributed by atoms with Crippen molar-refractivity contribution < 1.29 is 4.79 Å². The first-order chi connectivity index (χ1) is 11.1. The molecule has 1 N–H and O–H groups in total. The minimum Gasteiger partial charge on any atom is -0.341 e. The zero-order valence-corrected chi connectivity index (χ0v) is 14.3. The second kappa shape index (κ2) is 5.60. The standard InChI is InChI=1S/C18H28N4O/c1-12(2)9-15(23)22-10-14(18(11-22)7-3-4-8-18)17-19-16(20-21-17)13-5-6-13/h12-14H,3-11H2,1-2H3,(H,19,20,21). The highest BCUT2D eigenvalue weighted by molar-refractivity contribution is 5.77. The smallest absolute Gasteiger partial charge is 0.222 e. The van der Waals surface area contributed by atoms with Crippen LogP contribution in [0.15, 0.2) is 0 Å². The number of likely N-dealkylation sites (tertiary alicyclic amines) is 1. The van der Waals surface area contributed by atoms with Gasteiger partial charge in [-0.3, -0.25) is 9.89 Å². The monoisotopic (exact) mass is 316 g/mol. The first-order valence-electron chi connectivity index (χ1n) is 9.27. The SMILES string of the molecule is CC(C)CC(=O)N1CC(c2nc(C3CC3)n[nH]2)C2(CCCC2)C1. The van der Waals surface area contributed by atoms with Gasteiger partial charge in [-0.15, -0.1) is 0 Å². The summed E-state index contributed by atoms with van der Waals surface area (Å²) >= 11 is 0. The number of rotatable bonds is 4. The number of carbonyl (C=O) groups is 1. The molecule has 1 amide bonds. The maximum Gasteiger partial charge on any atom is 0.222 e. The average molecular weight is 316 g/mol. The molecule has 1 spiro atoms. The quantitative estimate of drug-likeness (QED) is 0.927. The molecule has 1 unspecified atom stereocenters. The van der Waals surface area contributed by atoms with Crippen LogP contribution in [-0.2, 0) is 4.79 Å². The minimum atomic E-state index is 0.243. The fraction of sp³-hybridized carbons (Fsp3) is 0.833. The van der Waals surface area contributed by atoms with Crippen LogP contribution in [0.2, 0.25) is 0 Å². The van der Waals surface area contributed by atoms with E-state index in [-0.39, 0.29) is 5.41 Å². The third-order valence-corrected chi connectivity index (χ3v) is 5.98. The van der Waals surface area contributed by atoms with Crippen LogP contribution in [0.5, 0.6) is 0 Å². The summed E-state index contributed by atoms with van der Waals surface area (Å²) in [6.45, 7) is 5.98. The highest BCUT2D eigenvalue weighted by Gasteiger charge is 2.51. The first-order valence-corrected chi connectivity index (χ1v) is 9.27. The van der Waals surface area contributed by atoms with Crippen molar-refractivity contribution in [3.63, 3.8) is 0 Å². The van der Waals surface area contributed by atoms with Crippen molar-refractivity contribution in [1.82, 2.24) is 20.1 Å². The van der Waals surface area contributed by atoms with Gasteiger partial charge < -0.3 is 4.90 Å². The normalized spacial score (nSPS) is 26.6. The summed E-state index contributed by atoms with van der Waals surface area (Å²) in [4.78, 5) is 19.5. The number of nitrogens with zero attached hydrogens (tertiary/aromatic N) is 3. The van der Waals surface area contributed by atoms with E-state index in [1.54, 1.807) is 0 Å². The predicted molar refractivity (Wildman–Crippen MR) is 88.0 cm³/mol. The Labute approximate surface area is 138 Å². The number of amides is 1. The van der Waals surface area contributed by atoms with E-state index in [9.17, 15) is 4.79 Å². The predicted octanol–water partition coefficient (Wildman–Crippen LogP) is 3.21. The molecule has 0 bridgehead atoms. The van der Waals surface area contributed by atoms with Crippen LogP contribution in [0.1, 0.15) is 82.3 Å². The summed E-state index contributed by atoms with van der Waals surface area (Å²) in [5, 5.41) is 7.68. The largest absolute Gasteiger partial charge is 0.341 e. The van der Waals surface area contributed by atoms with Gasteiger partial charge in [-0.25, -0.2) is 4.98 Å². The van der Waals surface area contributed by atoms with E-state index in [0.29, 0.717) is 30.1 Å². The van der Waals surface area contributed by atoms with Gasteiger partial charge in [0.2, 0.25) is 5.91 Å². The molecule has 1 aromatic rings. The summed E-state index contributed by atoms with van der Waals surface area (Å²) in [7, 11) is 0. The van der Waals surface area contributed by atoms with Crippen molar-refractivity contribution in [1.29, 1.82) is 0 Å². The lowest BCUT2D eigenvalue weighted by Crippen LogP contribution is -2.31. The van der Waals surface area contributed by atoms with Gasteiger partial charge >= 0.3 is 0 Å². The molecule has 2 heterocycles. The summed E-state index contributed by atoms with van der Waals surface area (Å²) in [5.41, 5.74) is 0.243. The summed E-state index contributed by atoms with van der Waals surface area (Å²) in [6.07, 6.45) is 8.13. The highest BCUT2D eigenvalue weighted by Crippen LogP contribution is 2.53. The minimum absolute atomic E-state index is 0.243. The zero-order chi connectivity index (χ0) is 16.0. The summed E-state index contributed by atoms with van der Waals surface area (Å²) in [5.74, 6) is 3.71. The Balaban J connectivity index is 1.56. The van der Waals surface area contributed by atoms with Crippen molar-refractivity contribution in [3.05, 3.63) is 11.6 Å². The van der Waals surface area contributed by atoms with E-state index >= 15 is 0 Å². The molecule has 1 aromatic heterocycles. The van der Waals surface area contributed by atoms with Crippen LogP contribution in [0, 0.1) is 11.3 Å². The number of H-pyrrole nitrogens is 1. The Morgan fingerprint density at radius 1 is 1.35 bits per heavy atom. The lowest BCUT2D eigenvalue weighted by Gasteiger charge is -2.28. The lowest BCUT2D eigenvalue weighted by molar-refractivity contribution is -0.131. The van der Waals surface area contributed by atoms with Crippen LogP contribution in [-0.4, -0.2) is 39.1 Å². The molecule has 2 aliphatic carbocycles. The number of hydrogen-bond acceptors (Lipinski definition) is 3. The van der Waals surface area contributed by atoms with Gasteiger partial charge in [0, 0.05) is 31.3 Å². The number of hydrogen-bond donors (Lipinski definition) is 1. The lowest BCUT2D eigenvalue weighted by atomic mass is 9.76.